The molecular formula is C36H29N5O2S3. The lowest BCUT2D eigenvalue weighted by atomic mass is 10.1. The lowest BCUT2D eigenvalue weighted by Gasteiger charge is -2.20. The summed E-state index contributed by atoms with van der Waals surface area (Å²) in [6.07, 6.45) is 1.97. The van der Waals surface area contributed by atoms with E-state index in [-0.39, 0.29) is 5.97 Å². The molecular weight excluding hydrogens is 631 g/mol. The summed E-state index contributed by atoms with van der Waals surface area (Å²) in [5.74, 6) is -0.323. The molecule has 0 saturated heterocycles. The molecule has 0 aliphatic carbocycles. The van der Waals surface area contributed by atoms with Crippen molar-refractivity contribution in [3.05, 3.63) is 98.9 Å². The van der Waals surface area contributed by atoms with E-state index in [4.69, 9.17) is 14.7 Å². The van der Waals surface area contributed by atoms with E-state index >= 15 is 0 Å². The van der Waals surface area contributed by atoms with E-state index in [0.29, 0.717) is 5.09 Å². The summed E-state index contributed by atoms with van der Waals surface area (Å²) in [6, 6.07) is 23.3. The van der Waals surface area contributed by atoms with Gasteiger partial charge in [-0.2, -0.15) is 0 Å². The molecule has 1 unspecified atom stereocenters. The Bertz CT molecular complexity index is 2400. The third-order valence-electron chi connectivity index (χ3n) is 8.01. The van der Waals surface area contributed by atoms with Crippen molar-refractivity contribution in [2.45, 2.75) is 44.4 Å². The molecule has 1 N–H and O–H groups in total. The number of hydrogen-bond acceptors (Lipinski definition) is 8. The summed E-state index contributed by atoms with van der Waals surface area (Å²) in [7, 11) is -1.08. The van der Waals surface area contributed by atoms with Crippen molar-refractivity contribution in [3.63, 3.8) is 0 Å². The summed E-state index contributed by atoms with van der Waals surface area (Å²) in [5, 5.41) is 4.87. The first-order chi connectivity index (χ1) is 22.2. The number of fused-ring (bicyclic) bond motifs is 3. The number of carbonyl (C=O) groups is 1. The minimum absolute atomic E-state index is 0.323. The molecule has 7 aromatic rings. The Morgan fingerprint density at radius 2 is 1.35 bits per heavy atom. The summed E-state index contributed by atoms with van der Waals surface area (Å²) in [5.41, 5.74) is 8.81. The molecule has 7 nitrogen and oxygen atoms in total. The molecule has 8 rings (SSSR count). The van der Waals surface area contributed by atoms with E-state index < -0.39 is 10.9 Å². The molecule has 1 aliphatic heterocycles. The number of nitrogens with one attached hydrogen (secondary N) is 1. The first-order valence-electron chi connectivity index (χ1n) is 14.8. The van der Waals surface area contributed by atoms with Crippen LogP contribution >= 0.6 is 33.6 Å². The molecule has 1 aliphatic rings. The quantitative estimate of drug-likeness (QED) is 0.141. The predicted molar refractivity (Wildman–Crippen MR) is 190 cm³/mol. The maximum Gasteiger partial charge on any atom is 0.308 e. The zero-order valence-corrected chi connectivity index (χ0v) is 28.3. The number of hydrogen-bond donors (Lipinski definition) is 2. The zero-order valence-electron chi connectivity index (χ0n) is 25.8. The molecule has 0 amide bonds. The van der Waals surface area contributed by atoms with Crippen molar-refractivity contribution in [2.24, 2.45) is 0 Å². The molecule has 0 saturated carbocycles. The predicted octanol–water partition coefficient (Wildman–Crippen LogP) is 9.55. The van der Waals surface area contributed by atoms with Crippen LogP contribution in [0.4, 0.5) is 0 Å². The minimum atomic E-state index is -1.08. The molecule has 10 heteroatoms. The van der Waals surface area contributed by atoms with Crippen LogP contribution in [-0.2, 0) is 9.53 Å². The molecule has 228 valence electrons. The number of thiol groups is 1. The van der Waals surface area contributed by atoms with Gasteiger partial charge in [-0.3, -0.25) is 4.79 Å². The normalized spacial score (nSPS) is 15.0. The van der Waals surface area contributed by atoms with E-state index in [0.717, 1.165) is 91.1 Å². The number of benzene rings is 2. The van der Waals surface area contributed by atoms with Gasteiger partial charge >= 0.3 is 5.97 Å². The van der Waals surface area contributed by atoms with Crippen LogP contribution in [0.25, 0.3) is 60.3 Å². The fourth-order valence-corrected chi connectivity index (χ4v) is 10.2. The van der Waals surface area contributed by atoms with Crippen molar-refractivity contribution in [3.8, 4) is 32.4 Å². The summed E-state index contributed by atoms with van der Waals surface area (Å²) >= 11 is 3.34. The number of carbonyl (C=O) groups excluding carboxylic acids is 1. The van der Waals surface area contributed by atoms with Crippen LogP contribution in [0.5, 0.6) is 0 Å². The van der Waals surface area contributed by atoms with Gasteiger partial charge in [0.25, 0.3) is 0 Å². The molecule has 0 fully saturated rings. The molecule has 0 spiro atoms. The number of thiazole rings is 2. The van der Waals surface area contributed by atoms with Crippen LogP contribution in [0.15, 0.2) is 81.6 Å². The maximum atomic E-state index is 12.1. The Kier molecular flexibility index (Phi) is 6.89. The molecule has 1 atom stereocenters. The topological polar surface area (TPSA) is 93.7 Å². The van der Waals surface area contributed by atoms with E-state index in [9.17, 15) is 4.79 Å². The van der Waals surface area contributed by atoms with E-state index in [1.165, 1.54) is 6.92 Å². The van der Waals surface area contributed by atoms with Crippen LogP contribution in [0.2, 0.25) is 0 Å². The Hall–Kier alpha value is -4.64. The molecule has 5 aromatic heterocycles. The number of H-pyrrole nitrogens is 1. The Balaban J connectivity index is 1.15. The maximum absolute atomic E-state index is 12.1. The number of aromatic amines is 1. The van der Waals surface area contributed by atoms with Gasteiger partial charge < -0.3 is 9.72 Å². The lowest BCUT2D eigenvalue weighted by molar-refractivity contribution is -0.135. The van der Waals surface area contributed by atoms with Crippen molar-refractivity contribution in [1.29, 1.82) is 0 Å². The highest BCUT2D eigenvalue weighted by atomic mass is 32.2. The standard InChI is InChI=1S/C36H29N5O2S3/c1-18-35(44-20(3)37-18)29-11-7-23-14-24(6-10-27(23)39-29)31-16-33-32(41-31)17-34(43-22(5)42)46(33)26-9-13-28-25(15-26)8-12-30(40-28)36-19(2)38-21(4)45-36/h6-17,41,46H,1-5H3. The van der Waals surface area contributed by atoms with Crippen molar-refractivity contribution in [1.82, 2.24) is 24.9 Å². The van der Waals surface area contributed by atoms with Crippen LogP contribution in [-0.4, -0.2) is 30.9 Å². The SMILES string of the molecule is CC(=O)OC1=Cc2[nH]c(-c3ccc4nc(-c5sc(C)nc5C)ccc4c3)cc2[SH]1c1ccc2nc(-c3sc(C)nc3C)ccc2c1. The second kappa shape index (κ2) is 11.0. The highest BCUT2D eigenvalue weighted by Gasteiger charge is 2.29. The molecule has 46 heavy (non-hydrogen) atoms. The largest absolute Gasteiger partial charge is 0.421 e. The Labute approximate surface area is 276 Å². The third kappa shape index (κ3) is 5.02. The van der Waals surface area contributed by atoms with Gasteiger partial charge in [0.2, 0.25) is 0 Å². The molecule has 6 heterocycles. The average Bonchev–Trinajstić information content (AvgIpc) is 3.77. The van der Waals surface area contributed by atoms with Gasteiger partial charge in [0.05, 0.1) is 59.3 Å². The van der Waals surface area contributed by atoms with Gasteiger partial charge in [-0.05, 0) is 86.7 Å². The van der Waals surface area contributed by atoms with E-state index in [1.807, 2.05) is 33.8 Å². The van der Waals surface area contributed by atoms with Crippen LogP contribution in [0.3, 0.4) is 0 Å². The lowest BCUT2D eigenvalue weighted by Crippen LogP contribution is -1.98. The average molecular weight is 660 g/mol. The summed E-state index contributed by atoms with van der Waals surface area (Å²) in [6.45, 7) is 9.55. The van der Waals surface area contributed by atoms with Gasteiger partial charge in [0.15, 0.2) is 5.09 Å². The van der Waals surface area contributed by atoms with E-state index in [2.05, 4.69) is 81.7 Å². The Morgan fingerprint density at radius 3 is 1.93 bits per heavy atom. The molecule has 2 aromatic carbocycles. The van der Waals surface area contributed by atoms with Crippen molar-refractivity contribution in [2.75, 3.05) is 0 Å². The van der Waals surface area contributed by atoms with Gasteiger partial charge in [0, 0.05) is 34.4 Å². The zero-order chi connectivity index (χ0) is 31.7. The fraction of sp³-hybridized carbons (Fsp3) is 0.139. The van der Waals surface area contributed by atoms with Crippen LogP contribution < -0.4 is 0 Å². The van der Waals surface area contributed by atoms with Gasteiger partial charge in [-0.25, -0.2) is 19.9 Å². The van der Waals surface area contributed by atoms with Crippen molar-refractivity contribution < 1.29 is 9.53 Å². The fourth-order valence-electron chi connectivity index (χ4n) is 6.04. The smallest absolute Gasteiger partial charge is 0.308 e. The number of pyridine rings is 2. The molecule has 0 radical (unpaired) electrons. The van der Waals surface area contributed by atoms with Gasteiger partial charge in [-0.15, -0.1) is 33.6 Å². The second-order valence-electron chi connectivity index (χ2n) is 11.4. The van der Waals surface area contributed by atoms with Crippen LogP contribution in [0, 0.1) is 27.7 Å². The third-order valence-corrected chi connectivity index (χ3v) is 12.5. The first-order valence-corrected chi connectivity index (χ1v) is 17.8. The number of rotatable bonds is 5. The second-order valence-corrected chi connectivity index (χ2v) is 15.9. The summed E-state index contributed by atoms with van der Waals surface area (Å²) in [4.78, 5) is 39.2. The van der Waals surface area contributed by atoms with E-state index in [1.54, 1.807) is 22.7 Å². The number of ether oxygens (including phenoxy) is 1. The summed E-state index contributed by atoms with van der Waals surface area (Å²) < 4.78 is 5.78. The van der Waals surface area contributed by atoms with Gasteiger partial charge in [-0.1, -0.05) is 18.2 Å². The highest BCUT2D eigenvalue weighted by molar-refractivity contribution is 8.20. The number of aromatic nitrogens is 5. The minimum Gasteiger partial charge on any atom is -0.421 e. The number of aryl methyl sites for hydroxylation is 4. The number of nitrogens with zero attached hydrogens (tertiary/aromatic N) is 4. The van der Waals surface area contributed by atoms with Crippen LogP contribution in [0.1, 0.15) is 34.0 Å². The van der Waals surface area contributed by atoms with Gasteiger partial charge in [0.1, 0.15) is 0 Å². The molecule has 0 bridgehead atoms. The number of esters is 1. The first kappa shape index (κ1) is 28.8. The monoisotopic (exact) mass is 659 g/mol. The highest BCUT2D eigenvalue weighted by Crippen LogP contribution is 2.59. The van der Waals surface area contributed by atoms with Crippen molar-refractivity contribution >= 4 is 67.4 Å². The Morgan fingerprint density at radius 1 is 0.739 bits per heavy atom.